The highest BCUT2D eigenvalue weighted by molar-refractivity contribution is 6.10. The summed E-state index contributed by atoms with van der Waals surface area (Å²) in [5.74, 6) is 0.104. The predicted molar refractivity (Wildman–Crippen MR) is 107 cm³/mol. The largest absolute Gasteiger partial charge is 0.375 e. The molecule has 1 heterocycles. The molecule has 134 valence electrons. The molecule has 3 nitrogen and oxygen atoms in total. The number of carbonyl (C=O) groups is 1. The number of Topliss-reactive ketones (excluding diaryl/α,β-unsaturated/α-hetero) is 1. The van der Waals surface area contributed by atoms with Crippen LogP contribution in [0.3, 0.4) is 0 Å². The van der Waals surface area contributed by atoms with Crippen LogP contribution in [0, 0.1) is 11.3 Å². The highest BCUT2D eigenvalue weighted by Crippen LogP contribution is 2.44. The summed E-state index contributed by atoms with van der Waals surface area (Å²) in [5, 5.41) is 3.63. The van der Waals surface area contributed by atoms with Gasteiger partial charge in [0.25, 0.3) is 0 Å². The van der Waals surface area contributed by atoms with E-state index in [1.807, 2.05) is 18.2 Å². The number of aliphatic imine (C=N–C) groups is 1. The first kappa shape index (κ1) is 17.0. The Labute approximate surface area is 155 Å². The Balaban J connectivity index is 1.83. The fourth-order valence-corrected chi connectivity index (χ4v) is 4.25. The summed E-state index contributed by atoms with van der Waals surface area (Å²) in [4.78, 5) is 18.1. The Kier molecular flexibility index (Phi) is 4.18. The quantitative estimate of drug-likeness (QED) is 0.781. The number of ketones is 1. The second-order valence-corrected chi connectivity index (χ2v) is 8.30. The summed E-state index contributed by atoms with van der Waals surface area (Å²) in [6.45, 7) is 6.49. The zero-order valence-corrected chi connectivity index (χ0v) is 15.8. The normalized spacial score (nSPS) is 24.0. The van der Waals surface area contributed by atoms with Gasteiger partial charge in [-0.3, -0.25) is 9.79 Å². The Morgan fingerprint density at radius 1 is 1.08 bits per heavy atom. The van der Waals surface area contributed by atoms with Gasteiger partial charge in [0, 0.05) is 12.1 Å². The zero-order chi connectivity index (χ0) is 18.3. The number of benzene rings is 2. The number of anilines is 1. The van der Waals surface area contributed by atoms with E-state index in [0.717, 1.165) is 35.5 Å². The first-order chi connectivity index (χ1) is 12.5. The zero-order valence-electron chi connectivity index (χ0n) is 15.8. The van der Waals surface area contributed by atoms with Gasteiger partial charge in [0.1, 0.15) is 5.78 Å². The van der Waals surface area contributed by atoms with Crippen molar-refractivity contribution < 1.29 is 4.79 Å². The number of hydrogen-bond acceptors (Lipinski definition) is 3. The molecule has 26 heavy (non-hydrogen) atoms. The van der Waals surface area contributed by atoms with Crippen LogP contribution in [0.5, 0.6) is 0 Å². The van der Waals surface area contributed by atoms with E-state index < -0.39 is 0 Å². The van der Waals surface area contributed by atoms with Crippen molar-refractivity contribution in [3.8, 4) is 0 Å². The van der Waals surface area contributed by atoms with E-state index >= 15 is 0 Å². The number of carbonyl (C=O) groups excluding carboxylic acids is 1. The van der Waals surface area contributed by atoms with Crippen LogP contribution in [-0.4, -0.2) is 11.5 Å². The first-order valence-corrected chi connectivity index (χ1v) is 9.51. The van der Waals surface area contributed by atoms with Gasteiger partial charge in [0.2, 0.25) is 0 Å². The number of nitrogens with zero attached hydrogens (tertiary/aromatic N) is 1. The van der Waals surface area contributed by atoms with Gasteiger partial charge >= 0.3 is 0 Å². The van der Waals surface area contributed by atoms with Crippen LogP contribution < -0.4 is 5.32 Å². The summed E-state index contributed by atoms with van der Waals surface area (Å²) in [7, 11) is 0. The average Bonchev–Trinajstić information content (AvgIpc) is 2.77. The maximum atomic E-state index is 13.1. The van der Waals surface area contributed by atoms with E-state index in [-0.39, 0.29) is 17.4 Å². The lowest BCUT2D eigenvalue weighted by atomic mass is 9.68. The Bertz CT molecular complexity index is 864. The molecule has 2 atom stereocenters. The molecule has 1 N–H and O–H groups in total. The minimum Gasteiger partial charge on any atom is -0.375 e. The van der Waals surface area contributed by atoms with Crippen LogP contribution in [0.1, 0.15) is 50.8 Å². The summed E-state index contributed by atoms with van der Waals surface area (Å²) in [6.07, 6.45) is 2.49. The Hall–Kier alpha value is -2.42. The monoisotopic (exact) mass is 346 g/mol. The molecular formula is C23H26N2O. The minimum absolute atomic E-state index is 0.0255. The van der Waals surface area contributed by atoms with Gasteiger partial charge in [0.15, 0.2) is 0 Å². The van der Waals surface area contributed by atoms with Crippen molar-refractivity contribution in [1.29, 1.82) is 0 Å². The molecule has 0 aromatic heterocycles. The summed E-state index contributed by atoms with van der Waals surface area (Å²) >= 11 is 0. The van der Waals surface area contributed by atoms with Crippen LogP contribution in [0.2, 0.25) is 0 Å². The van der Waals surface area contributed by atoms with Crippen molar-refractivity contribution in [3.63, 3.8) is 0 Å². The van der Waals surface area contributed by atoms with E-state index in [0.29, 0.717) is 12.2 Å². The van der Waals surface area contributed by atoms with Crippen LogP contribution >= 0.6 is 0 Å². The van der Waals surface area contributed by atoms with Gasteiger partial charge in [-0.1, -0.05) is 57.2 Å². The molecular weight excluding hydrogens is 320 g/mol. The molecule has 0 radical (unpaired) electrons. The number of hydrogen-bond donors (Lipinski definition) is 1. The second kappa shape index (κ2) is 6.39. The van der Waals surface area contributed by atoms with Crippen molar-refractivity contribution in [2.45, 2.75) is 46.1 Å². The number of fused-ring (bicyclic) bond motifs is 2. The predicted octanol–water partition coefficient (Wildman–Crippen LogP) is 5.49. The van der Waals surface area contributed by atoms with Gasteiger partial charge in [-0.2, -0.15) is 0 Å². The van der Waals surface area contributed by atoms with E-state index in [4.69, 9.17) is 4.99 Å². The third-order valence-electron chi connectivity index (χ3n) is 5.58. The molecule has 2 aliphatic rings. The van der Waals surface area contributed by atoms with E-state index in [2.05, 4.69) is 56.4 Å². The highest BCUT2D eigenvalue weighted by atomic mass is 16.1. The number of aryl methyl sites for hydroxylation is 1. The topological polar surface area (TPSA) is 41.5 Å². The maximum Gasteiger partial charge on any atom is 0.144 e. The summed E-state index contributed by atoms with van der Waals surface area (Å²) < 4.78 is 0. The molecule has 0 amide bonds. The number of nitrogens with one attached hydrogen (secondary N) is 1. The van der Waals surface area contributed by atoms with Gasteiger partial charge in [0.05, 0.1) is 23.3 Å². The third kappa shape index (κ3) is 3.07. The molecule has 3 heteroatoms. The van der Waals surface area contributed by atoms with E-state index in [1.54, 1.807) is 0 Å². The third-order valence-corrected chi connectivity index (χ3v) is 5.58. The molecule has 1 aliphatic carbocycles. The van der Waals surface area contributed by atoms with E-state index in [1.165, 1.54) is 5.56 Å². The second-order valence-electron chi connectivity index (χ2n) is 8.30. The van der Waals surface area contributed by atoms with Gasteiger partial charge in [-0.25, -0.2) is 0 Å². The molecule has 4 rings (SSSR count). The molecule has 0 unspecified atom stereocenters. The lowest BCUT2D eigenvalue weighted by molar-refractivity contribution is -0.124. The standard InChI is InChI=1S/C23H26N2O/c1-4-15-9-11-16(12-10-15)22-21-19(13-23(2,3)14-20(21)26)24-17-7-5-6-8-18(17)25-22/h5-12,21-22,25H,4,13-14H2,1-3H3/t21-,22-/m1/s1. The van der Waals surface area contributed by atoms with E-state index in [9.17, 15) is 4.79 Å². The average molecular weight is 346 g/mol. The minimum atomic E-state index is -0.192. The SMILES string of the molecule is CCc1ccc([C@H]2Nc3ccccc3N=C3CC(C)(C)CC(=O)[C@@H]32)cc1. The Morgan fingerprint density at radius 2 is 1.81 bits per heavy atom. The van der Waals surface area contributed by atoms with Crippen LogP contribution in [-0.2, 0) is 11.2 Å². The molecule has 1 saturated carbocycles. The van der Waals surface area contributed by atoms with Crippen LogP contribution in [0.25, 0.3) is 0 Å². The van der Waals surface area contributed by atoms with Crippen LogP contribution in [0.4, 0.5) is 11.4 Å². The fraction of sp³-hybridized carbons (Fsp3) is 0.391. The van der Waals surface area contributed by atoms with Gasteiger partial charge in [-0.15, -0.1) is 0 Å². The highest BCUT2D eigenvalue weighted by Gasteiger charge is 2.43. The van der Waals surface area contributed by atoms with Crippen molar-refractivity contribution in [3.05, 3.63) is 59.7 Å². The number of para-hydroxylation sites is 2. The first-order valence-electron chi connectivity index (χ1n) is 9.51. The van der Waals surface area contributed by atoms with Crippen molar-refractivity contribution in [2.75, 3.05) is 5.32 Å². The molecule has 0 bridgehead atoms. The smallest absolute Gasteiger partial charge is 0.144 e. The molecule has 2 aromatic rings. The molecule has 2 aromatic carbocycles. The van der Waals surface area contributed by atoms with Crippen molar-refractivity contribution in [1.82, 2.24) is 0 Å². The van der Waals surface area contributed by atoms with Crippen molar-refractivity contribution >= 4 is 22.9 Å². The van der Waals surface area contributed by atoms with Crippen molar-refractivity contribution in [2.24, 2.45) is 16.3 Å². The maximum absolute atomic E-state index is 13.1. The van der Waals surface area contributed by atoms with Gasteiger partial charge < -0.3 is 5.32 Å². The fourth-order valence-electron chi connectivity index (χ4n) is 4.25. The summed E-state index contributed by atoms with van der Waals surface area (Å²) in [6, 6.07) is 16.7. The lowest BCUT2D eigenvalue weighted by Gasteiger charge is -2.37. The number of rotatable bonds is 2. The lowest BCUT2D eigenvalue weighted by Crippen LogP contribution is -2.42. The molecule has 1 fully saturated rings. The Morgan fingerprint density at radius 3 is 2.54 bits per heavy atom. The summed E-state index contributed by atoms with van der Waals surface area (Å²) in [5.41, 5.74) is 5.41. The van der Waals surface area contributed by atoms with Gasteiger partial charge in [-0.05, 0) is 41.5 Å². The molecule has 1 aliphatic heterocycles. The molecule has 0 saturated heterocycles. The van der Waals surface area contributed by atoms with Crippen LogP contribution in [0.15, 0.2) is 53.5 Å². The molecule has 0 spiro atoms.